The summed E-state index contributed by atoms with van der Waals surface area (Å²) in [5.41, 5.74) is -0.0651. The molecule has 3 fully saturated rings. The van der Waals surface area contributed by atoms with E-state index in [1.807, 2.05) is 0 Å². The fourth-order valence-corrected chi connectivity index (χ4v) is 7.78. The number of thiol groups is 1. The quantitative estimate of drug-likeness (QED) is 0.394. The highest BCUT2D eigenvalue weighted by atomic mass is 35.5. The third-order valence-electron chi connectivity index (χ3n) is 6.90. The van der Waals surface area contributed by atoms with Crippen LogP contribution in [0.4, 0.5) is 5.95 Å². The summed E-state index contributed by atoms with van der Waals surface area (Å²) in [6.07, 6.45) is 3.15. The van der Waals surface area contributed by atoms with Gasteiger partial charge in [-0.25, -0.2) is 9.97 Å². The molecule has 2 aliphatic carbocycles. The lowest BCUT2D eigenvalue weighted by molar-refractivity contribution is -0.127. The lowest BCUT2D eigenvalue weighted by Crippen LogP contribution is -2.53. The van der Waals surface area contributed by atoms with Crippen LogP contribution in [-0.4, -0.2) is 51.5 Å². The fraction of sp³-hybridized carbons (Fsp3) is 0.750. The monoisotopic (exact) mass is 443 g/mol. The summed E-state index contributed by atoms with van der Waals surface area (Å²) in [6.45, 7) is 9.46. The van der Waals surface area contributed by atoms with Crippen LogP contribution in [0.15, 0.2) is 6.07 Å². The van der Waals surface area contributed by atoms with E-state index in [1.165, 1.54) is 18.4 Å². The molecule has 3 aliphatic rings. The van der Waals surface area contributed by atoms with E-state index in [4.69, 9.17) is 23.2 Å². The minimum absolute atomic E-state index is 0.0651. The summed E-state index contributed by atoms with van der Waals surface area (Å²) in [5, 5.41) is 0.745. The smallest absolute Gasteiger partial charge is 0.228 e. The number of carbonyl (C=O) groups is 1. The van der Waals surface area contributed by atoms with Crippen LogP contribution in [0.25, 0.3) is 0 Å². The van der Waals surface area contributed by atoms with Crippen molar-refractivity contribution in [2.75, 3.05) is 30.3 Å². The van der Waals surface area contributed by atoms with Crippen molar-refractivity contribution in [3.05, 3.63) is 16.4 Å². The molecule has 2 bridgehead atoms. The molecule has 1 aromatic heterocycles. The molecule has 154 valence electrons. The first-order chi connectivity index (χ1) is 13.3. The molecule has 1 aromatic rings. The van der Waals surface area contributed by atoms with Crippen LogP contribution < -0.4 is 4.90 Å². The fourth-order valence-electron chi connectivity index (χ4n) is 5.79. The van der Waals surface area contributed by atoms with Gasteiger partial charge < -0.3 is 4.90 Å². The Balaban J connectivity index is 1.39. The standard InChI is InChI=1S/C20H28Cl2N4OS/c1-12(2)18-14-4-5-20(18,15(27)8-14)11-28-25-6-7-26(13(3)10-25)19-23-16(21)9-17(22)24-19/h9,12-14,18H,4-8,10-11H2,1-3H3/p+1/t13?,14-,18?,20-/m1/s1. The van der Waals surface area contributed by atoms with E-state index in [1.54, 1.807) is 6.07 Å². The first-order valence-electron chi connectivity index (χ1n) is 10.2. The molecule has 0 radical (unpaired) electrons. The molecule has 8 heteroatoms. The number of hydrogen-bond acceptors (Lipinski definition) is 5. The Kier molecular flexibility index (Phi) is 5.87. The van der Waals surface area contributed by atoms with Crippen molar-refractivity contribution in [1.29, 1.82) is 0 Å². The van der Waals surface area contributed by atoms with Crippen LogP contribution >= 0.6 is 23.2 Å². The zero-order chi connectivity index (χ0) is 20.1. The van der Waals surface area contributed by atoms with Gasteiger partial charge in [-0.15, -0.1) is 4.31 Å². The largest absolute Gasteiger partial charge is 0.335 e. The lowest BCUT2D eigenvalue weighted by atomic mass is 9.75. The molecular weight excluding hydrogens is 415 g/mol. The van der Waals surface area contributed by atoms with Gasteiger partial charge >= 0.3 is 0 Å². The predicted molar refractivity (Wildman–Crippen MR) is 117 cm³/mol. The van der Waals surface area contributed by atoms with E-state index >= 15 is 0 Å². The summed E-state index contributed by atoms with van der Waals surface area (Å²) < 4.78 is 2.47. The van der Waals surface area contributed by atoms with Crippen LogP contribution in [0.3, 0.4) is 0 Å². The van der Waals surface area contributed by atoms with Crippen molar-refractivity contribution < 1.29 is 4.79 Å². The number of anilines is 1. The summed E-state index contributed by atoms with van der Waals surface area (Å²) in [5.74, 6) is 3.91. The van der Waals surface area contributed by atoms with E-state index in [2.05, 4.69) is 39.9 Å². The first-order valence-corrected chi connectivity index (χ1v) is 12.0. The number of hydrogen-bond donors (Lipinski definition) is 0. The van der Waals surface area contributed by atoms with Crippen molar-refractivity contribution >= 4 is 46.9 Å². The number of nitrogens with zero attached hydrogens (tertiary/aromatic N) is 4. The molecular formula is C20H29Cl2N4OS+. The third-order valence-corrected chi connectivity index (χ3v) is 8.75. The molecule has 1 aliphatic heterocycles. The molecule has 0 spiro atoms. The number of ketones is 1. The number of carbonyl (C=O) groups excluding carboxylic acids is 1. The Morgan fingerprint density at radius 1 is 1.29 bits per heavy atom. The second-order valence-electron chi connectivity index (χ2n) is 8.92. The van der Waals surface area contributed by atoms with Gasteiger partial charge in [-0.05, 0) is 37.5 Å². The maximum Gasteiger partial charge on any atom is 0.228 e. The number of fused-ring (bicyclic) bond motifs is 2. The summed E-state index contributed by atoms with van der Waals surface area (Å²) >= 11 is 13.4. The van der Waals surface area contributed by atoms with Crippen LogP contribution in [-0.2, 0) is 16.7 Å². The van der Waals surface area contributed by atoms with E-state index in [0.717, 1.165) is 38.2 Å². The zero-order valence-corrected chi connectivity index (χ0v) is 19.1. The van der Waals surface area contributed by atoms with Crippen molar-refractivity contribution in [2.24, 2.45) is 23.2 Å². The average molecular weight is 444 g/mol. The minimum Gasteiger partial charge on any atom is -0.335 e. The molecule has 5 nitrogen and oxygen atoms in total. The van der Waals surface area contributed by atoms with Gasteiger partial charge in [-0.2, -0.15) is 0 Å². The van der Waals surface area contributed by atoms with Gasteiger partial charge in [0.05, 0.1) is 30.5 Å². The topological polar surface area (TPSA) is 49.3 Å². The number of piperazine rings is 1. The third kappa shape index (κ3) is 3.66. The Morgan fingerprint density at radius 2 is 2.00 bits per heavy atom. The van der Waals surface area contributed by atoms with Crippen molar-refractivity contribution in [1.82, 2.24) is 14.3 Å². The number of aromatic nitrogens is 2. The van der Waals surface area contributed by atoms with Gasteiger partial charge in [0.25, 0.3) is 0 Å². The van der Waals surface area contributed by atoms with E-state index < -0.39 is 0 Å². The maximum atomic E-state index is 12.8. The molecule has 4 rings (SSSR count). The zero-order valence-electron chi connectivity index (χ0n) is 16.7. The van der Waals surface area contributed by atoms with E-state index in [9.17, 15) is 4.79 Å². The SMILES string of the molecule is CC(C)C1[C@@H]2CC[C@@]1(C[SH+]N1CCN(c3nc(Cl)cc(Cl)n3)C(C)C1)C(=O)C2. The summed E-state index contributed by atoms with van der Waals surface area (Å²) in [4.78, 5) is 23.7. The number of Topliss-reactive ketones (excluding diaryl/α,β-unsaturated/α-hetero) is 1. The minimum atomic E-state index is -0.0651. The van der Waals surface area contributed by atoms with Crippen LogP contribution in [0.5, 0.6) is 0 Å². The second kappa shape index (κ2) is 7.93. The van der Waals surface area contributed by atoms with Gasteiger partial charge in [-0.1, -0.05) is 37.0 Å². The molecule has 28 heavy (non-hydrogen) atoms. The molecule has 1 saturated heterocycles. The highest BCUT2D eigenvalue weighted by molar-refractivity contribution is 7.76. The second-order valence-corrected chi connectivity index (χ2v) is 10.9. The van der Waals surface area contributed by atoms with E-state index in [0.29, 0.717) is 39.8 Å². The number of rotatable bonds is 5. The van der Waals surface area contributed by atoms with Gasteiger partial charge in [0.1, 0.15) is 21.8 Å². The predicted octanol–water partition coefficient (Wildman–Crippen LogP) is 3.67. The molecule has 2 saturated carbocycles. The Hall–Kier alpha value is -0.560. The Bertz CT molecular complexity index is 743. The van der Waals surface area contributed by atoms with Gasteiger partial charge in [0, 0.05) is 25.1 Å². The molecule has 2 heterocycles. The molecule has 0 amide bonds. The maximum absolute atomic E-state index is 12.8. The van der Waals surface area contributed by atoms with Crippen molar-refractivity contribution in [3.63, 3.8) is 0 Å². The van der Waals surface area contributed by atoms with Gasteiger partial charge in [0.15, 0.2) is 0 Å². The van der Waals surface area contributed by atoms with Crippen molar-refractivity contribution in [3.8, 4) is 0 Å². The van der Waals surface area contributed by atoms with Crippen molar-refractivity contribution in [2.45, 2.75) is 46.1 Å². The molecule has 4 atom stereocenters. The Morgan fingerprint density at radius 3 is 2.61 bits per heavy atom. The highest BCUT2D eigenvalue weighted by Gasteiger charge is 2.61. The highest BCUT2D eigenvalue weighted by Crippen LogP contribution is 2.59. The van der Waals surface area contributed by atoms with Crippen LogP contribution in [0.1, 0.15) is 40.0 Å². The van der Waals surface area contributed by atoms with Gasteiger partial charge in [-0.3, -0.25) is 4.79 Å². The lowest BCUT2D eigenvalue weighted by Gasteiger charge is -2.37. The van der Waals surface area contributed by atoms with Gasteiger partial charge in [0.2, 0.25) is 5.95 Å². The first kappa shape index (κ1) is 20.7. The summed E-state index contributed by atoms with van der Waals surface area (Å²) in [6, 6.07) is 1.83. The molecule has 2 unspecified atom stereocenters. The van der Waals surface area contributed by atoms with Crippen LogP contribution in [0.2, 0.25) is 10.3 Å². The molecule has 0 aromatic carbocycles. The molecule has 0 N–H and O–H groups in total. The summed E-state index contributed by atoms with van der Waals surface area (Å²) in [7, 11) is 0. The average Bonchev–Trinajstić information content (AvgIpc) is 3.11. The van der Waals surface area contributed by atoms with E-state index in [-0.39, 0.29) is 11.5 Å². The number of halogens is 2. The van der Waals surface area contributed by atoms with Crippen LogP contribution in [0, 0.1) is 23.2 Å². The normalized spacial score (nSPS) is 33.3. The Labute approximate surface area is 181 Å².